The van der Waals surface area contributed by atoms with Crippen molar-refractivity contribution in [3.8, 4) is 5.75 Å². The molecule has 2 nitrogen and oxygen atoms in total. The van der Waals surface area contributed by atoms with Gasteiger partial charge in [-0.25, -0.2) is 0 Å². The van der Waals surface area contributed by atoms with E-state index < -0.39 is 12.4 Å². The minimum Gasteiger partial charge on any atom is -0.494 e. The summed E-state index contributed by atoms with van der Waals surface area (Å²) in [6.07, 6.45) is 0. The Labute approximate surface area is 141 Å². The molecule has 0 unspecified atom stereocenters. The predicted octanol–water partition coefficient (Wildman–Crippen LogP) is -0.921. The summed E-state index contributed by atoms with van der Waals surface area (Å²) in [4.78, 5) is 0. The molecular weight excluding hydrogens is 259 g/mol. The molecule has 0 heterocycles. The van der Waals surface area contributed by atoms with Gasteiger partial charge >= 0.3 is 58.4 Å². The molecule has 1 aromatic rings. The molecule has 0 amide bonds. The zero-order valence-corrected chi connectivity index (χ0v) is 13.3. The number of benzene rings is 1. The summed E-state index contributed by atoms with van der Waals surface area (Å²) in [5.74, 6) is -0.129. The van der Waals surface area contributed by atoms with Crippen molar-refractivity contribution in [1.29, 1.82) is 0 Å². The van der Waals surface area contributed by atoms with Crippen molar-refractivity contribution in [2.75, 3.05) is 20.3 Å². The number of aryl methyl sites for hydroxylation is 1. The summed E-state index contributed by atoms with van der Waals surface area (Å²) < 4.78 is 47.8. The number of hydrogen-bond acceptors (Lipinski definition) is 2. The van der Waals surface area contributed by atoms with Gasteiger partial charge in [-0.2, -0.15) is 0 Å². The quantitative estimate of drug-likeness (QED) is 0.510. The minimum absolute atomic E-state index is 0. The van der Waals surface area contributed by atoms with E-state index >= 15 is 0 Å². The third-order valence-corrected chi connectivity index (χ3v) is 2.06. The van der Waals surface area contributed by atoms with E-state index in [0.717, 1.165) is 6.07 Å². The van der Waals surface area contributed by atoms with Gasteiger partial charge in [0.2, 0.25) is 0 Å². The molecular formula is C10H13BF3KO2. The Morgan fingerprint density at radius 2 is 1.82 bits per heavy atom. The number of rotatable bonds is 5. The van der Waals surface area contributed by atoms with Crippen molar-refractivity contribution >= 4 is 12.4 Å². The maximum absolute atomic E-state index is 12.7. The molecule has 0 aliphatic rings. The van der Waals surface area contributed by atoms with E-state index in [1.807, 2.05) is 0 Å². The van der Waals surface area contributed by atoms with Crippen LogP contribution >= 0.6 is 0 Å². The van der Waals surface area contributed by atoms with E-state index in [1.165, 1.54) is 13.2 Å². The molecule has 0 aromatic heterocycles. The van der Waals surface area contributed by atoms with Gasteiger partial charge in [-0.05, 0) is 13.0 Å². The van der Waals surface area contributed by atoms with Crippen molar-refractivity contribution in [3.05, 3.63) is 23.8 Å². The zero-order valence-electron chi connectivity index (χ0n) is 10.2. The van der Waals surface area contributed by atoms with Crippen LogP contribution in [0.3, 0.4) is 0 Å². The molecule has 0 saturated heterocycles. The second-order valence-corrected chi connectivity index (χ2v) is 3.46. The van der Waals surface area contributed by atoms with Crippen molar-refractivity contribution in [2.45, 2.75) is 6.92 Å². The summed E-state index contributed by atoms with van der Waals surface area (Å²) in [5.41, 5.74) is -0.121. The van der Waals surface area contributed by atoms with Crippen molar-refractivity contribution in [2.24, 2.45) is 0 Å². The van der Waals surface area contributed by atoms with E-state index in [4.69, 9.17) is 9.47 Å². The normalized spacial score (nSPS) is 10.9. The van der Waals surface area contributed by atoms with Crippen LogP contribution in [0.5, 0.6) is 5.75 Å². The molecule has 1 aromatic carbocycles. The van der Waals surface area contributed by atoms with Crippen LogP contribution < -0.4 is 61.6 Å². The first-order valence-corrected chi connectivity index (χ1v) is 4.87. The fraction of sp³-hybridized carbons (Fsp3) is 0.400. The summed E-state index contributed by atoms with van der Waals surface area (Å²) in [6.45, 7) is -3.06. The van der Waals surface area contributed by atoms with Gasteiger partial charge in [-0.3, -0.25) is 0 Å². The second-order valence-electron chi connectivity index (χ2n) is 3.46. The Bertz CT molecular complexity index is 358. The monoisotopic (exact) mass is 272 g/mol. The Kier molecular flexibility index (Phi) is 8.02. The molecule has 0 atom stereocenters. The first kappa shape index (κ1) is 17.5. The smallest absolute Gasteiger partial charge is 0.494 e. The first-order valence-electron chi connectivity index (χ1n) is 4.87. The molecule has 90 valence electrons. The Morgan fingerprint density at radius 1 is 1.18 bits per heavy atom. The van der Waals surface area contributed by atoms with Gasteiger partial charge in [-0.1, -0.05) is 23.2 Å². The summed E-state index contributed by atoms with van der Waals surface area (Å²) in [6, 6.07) is 4.03. The van der Waals surface area contributed by atoms with Crippen LogP contribution in [-0.4, -0.2) is 27.3 Å². The largest absolute Gasteiger partial charge is 1.00 e. The fourth-order valence-corrected chi connectivity index (χ4v) is 1.29. The molecule has 0 spiro atoms. The van der Waals surface area contributed by atoms with Crippen LogP contribution in [0.1, 0.15) is 5.56 Å². The minimum atomic E-state index is -5.04. The van der Waals surface area contributed by atoms with E-state index in [9.17, 15) is 12.9 Å². The molecule has 1 rings (SSSR count). The molecule has 7 heteroatoms. The Hall–Kier alpha value is 0.471. The summed E-state index contributed by atoms with van der Waals surface area (Å²) >= 11 is 0. The van der Waals surface area contributed by atoms with Gasteiger partial charge in [0, 0.05) is 7.11 Å². The van der Waals surface area contributed by atoms with E-state index in [1.54, 1.807) is 13.0 Å². The van der Waals surface area contributed by atoms with Gasteiger partial charge in [0.25, 0.3) is 0 Å². The van der Waals surface area contributed by atoms with Crippen LogP contribution in [0.25, 0.3) is 0 Å². The van der Waals surface area contributed by atoms with Crippen molar-refractivity contribution in [1.82, 2.24) is 0 Å². The van der Waals surface area contributed by atoms with Crippen LogP contribution in [0, 0.1) is 6.92 Å². The average Bonchev–Trinajstić information content (AvgIpc) is 2.19. The van der Waals surface area contributed by atoms with Gasteiger partial charge < -0.3 is 22.4 Å². The third-order valence-electron chi connectivity index (χ3n) is 2.06. The molecule has 0 saturated carbocycles. The fourth-order valence-electron chi connectivity index (χ4n) is 1.29. The van der Waals surface area contributed by atoms with Gasteiger partial charge in [0.1, 0.15) is 6.61 Å². The third kappa shape index (κ3) is 5.76. The average molecular weight is 272 g/mol. The van der Waals surface area contributed by atoms with Crippen LogP contribution in [-0.2, 0) is 4.74 Å². The molecule has 0 fully saturated rings. The van der Waals surface area contributed by atoms with Crippen LogP contribution in [0.4, 0.5) is 12.9 Å². The number of hydrogen-bond donors (Lipinski definition) is 0. The van der Waals surface area contributed by atoms with E-state index in [2.05, 4.69) is 0 Å². The molecule has 0 aliphatic carbocycles. The number of methoxy groups -OCH3 is 1. The Morgan fingerprint density at radius 3 is 2.35 bits per heavy atom. The van der Waals surface area contributed by atoms with E-state index in [-0.39, 0.29) is 70.3 Å². The topological polar surface area (TPSA) is 18.5 Å². The maximum atomic E-state index is 12.7. The SMILES string of the molecule is COCCOc1ccc(C)cc1[B-](F)(F)F.[K+]. The molecule has 17 heavy (non-hydrogen) atoms. The van der Waals surface area contributed by atoms with Gasteiger partial charge in [0.05, 0.1) is 12.4 Å². The van der Waals surface area contributed by atoms with Crippen molar-refractivity contribution < 1.29 is 73.8 Å². The second kappa shape index (κ2) is 7.81. The van der Waals surface area contributed by atoms with Gasteiger partial charge in [-0.15, -0.1) is 0 Å². The maximum Gasteiger partial charge on any atom is 1.00 e. The molecule has 0 bridgehead atoms. The zero-order chi connectivity index (χ0) is 12.2. The molecule has 0 radical (unpaired) electrons. The van der Waals surface area contributed by atoms with Gasteiger partial charge in [0.15, 0.2) is 0 Å². The van der Waals surface area contributed by atoms with Crippen LogP contribution in [0.2, 0.25) is 0 Å². The predicted molar refractivity (Wildman–Crippen MR) is 57.3 cm³/mol. The van der Waals surface area contributed by atoms with E-state index in [0.29, 0.717) is 5.56 Å². The summed E-state index contributed by atoms with van der Waals surface area (Å²) in [5, 5.41) is 0. The van der Waals surface area contributed by atoms with Crippen LogP contribution in [0.15, 0.2) is 18.2 Å². The Balaban J connectivity index is 0.00000256. The molecule has 0 N–H and O–H groups in total. The summed E-state index contributed by atoms with van der Waals surface area (Å²) in [7, 11) is 1.47. The number of ether oxygens (including phenoxy) is 2. The molecule has 0 aliphatic heterocycles. The first-order chi connectivity index (χ1) is 7.45. The standard InChI is InChI=1S/C10H13BF3O2.K/c1-8-3-4-10(16-6-5-15-2)9(7-8)11(12,13)14;/h3-4,7H,5-6H2,1-2H3;/q-1;+1. The number of halogens is 3. The van der Waals surface area contributed by atoms with Crippen molar-refractivity contribution in [3.63, 3.8) is 0 Å².